The lowest BCUT2D eigenvalue weighted by molar-refractivity contribution is -0.148. The van der Waals surface area contributed by atoms with Gasteiger partial charge in [0.1, 0.15) is 5.41 Å². The molecule has 0 aromatic carbocycles. The minimum atomic E-state index is -0.702. The van der Waals surface area contributed by atoms with E-state index in [1.807, 2.05) is 26.2 Å². The molecule has 0 spiro atoms. The Morgan fingerprint density at radius 1 is 1.43 bits per heavy atom. The molecule has 1 heterocycles. The van der Waals surface area contributed by atoms with Gasteiger partial charge in [0, 0.05) is 11.4 Å². The van der Waals surface area contributed by atoms with E-state index in [-0.39, 0.29) is 5.97 Å². The van der Waals surface area contributed by atoms with Crippen molar-refractivity contribution in [3.05, 3.63) is 11.1 Å². The maximum Gasteiger partial charge on any atom is 0.317 e. The molecule has 0 saturated carbocycles. The number of rotatable bonds is 8. The summed E-state index contributed by atoms with van der Waals surface area (Å²) in [6.45, 7) is 12.6. The van der Waals surface area contributed by atoms with Crippen LogP contribution in [-0.4, -0.2) is 23.6 Å². The third-order valence-electron chi connectivity index (χ3n) is 3.75. The molecule has 4 nitrogen and oxygen atoms in total. The second-order valence-corrected chi connectivity index (χ2v) is 7.04. The van der Waals surface area contributed by atoms with Crippen molar-refractivity contribution in [2.24, 2.45) is 5.92 Å². The van der Waals surface area contributed by atoms with E-state index in [4.69, 9.17) is 4.74 Å². The summed E-state index contributed by atoms with van der Waals surface area (Å²) in [6.07, 6.45) is 2.30. The van der Waals surface area contributed by atoms with Crippen LogP contribution in [0.3, 0.4) is 0 Å². The lowest BCUT2D eigenvalue weighted by atomic mass is 9.90. The molecule has 1 aromatic heterocycles. The summed E-state index contributed by atoms with van der Waals surface area (Å²) < 4.78 is 5.12. The molecule has 0 fully saturated rings. The predicted octanol–water partition coefficient (Wildman–Crippen LogP) is 4.22. The number of ether oxygens (including phenoxy) is 1. The monoisotopic (exact) mass is 312 g/mol. The summed E-state index contributed by atoms with van der Waals surface area (Å²) in [4.78, 5) is 16.6. The van der Waals surface area contributed by atoms with Crippen molar-refractivity contribution in [2.75, 3.05) is 11.9 Å². The Bertz CT molecular complexity index is 457. The highest BCUT2D eigenvalue weighted by Crippen LogP contribution is 2.29. The van der Waals surface area contributed by atoms with Crippen LogP contribution in [0.4, 0.5) is 5.13 Å². The van der Waals surface area contributed by atoms with E-state index >= 15 is 0 Å². The minimum Gasteiger partial charge on any atom is -0.465 e. The van der Waals surface area contributed by atoms with Gasteiger partial charge < -0.3 is 10.1 Å². The van der Waals surface area contributed by atoms with E-state index < -0.39 is 5.41 Å². The molecule has 0 bridgehead atoms. The molecule has 1 N–H and O–H groups in total. The van der Waals surface area contributed by atoms with Gasteiger partial charge in [-0.25, -0.2) is 4.98 Å². The highest BCUT2D eigenvalue weighted by Gasteiger charge is 2.34. The average Bonchev–Trinajstić information content (AvgIpc) is 2.87. The molecular weight excluding hydrogens is 284 g/mol. The molecule has 0 aliphatic rings. The number of esters is 1. The fraction of sp³-hybridized carbons (Fsp3) is 0.750. The topological polar surface area (TPSA) is 51.2 Å². The number of hydrogen-bond donors (Lipinski definition) is 1. The van der Waals surface area contributed by atoms with E-state index in [9.17, 15) is 4.79 Å². The zero-order valence-corrected chi connectivity index (χ0v) is 14.8. The molecule has 0 amide bonds. The number of hydrogen-bond acceptors (Lipinski definition) is 5. The molecule has 1 rings (SSSR count). The maximum atomic E-state index is 12.0. The van der Waals surface area contributed by atoms with Crippen LogP contribution in [0.2, 0.25) is 0 Å². The molecule has 2 atom stereocenters. The molecular formula is C16H28N2O2S. The number of carbonyl (C=O) groups excluding carboxylic acids is 1. The second kappa shape index (κ2) is 7.78. The standard InChI is InChI=1S/C16H28N2O2S/c1-7-11(3)9-12(4)17-15-18-13(10-21-15)16(5,6)14(19)20-8-2/h10-12H,7-9H2,1-6H3,(H,17,18). The quantitative estimate of drug-likeness (QED) is 0.730. The summed E-state index contributed by atoms with van der Waals surface area (Å²) in [7, 11) is 0. The van der Waals surface area contributed by atoms with Gasteiger partial charge in [-0.05, 0) is 40.0 Å². The molecule has 2 unspecified atom stereocenters. The number of nitrogens with zero attached hydrogens (tertiary/aromatic N) is 1. The largest absolute Gasteiger partial charge is 0.465 e. The summed E-state index contributed by atoms with van der Waals surface area (Å²) >= 11 is 1.54. The fourth-order valence-electron chi connectivity index (χ4n) is 2.08. The van der Waals surface area contributed by atoms with Gasteiger partial charge in [-0.2, -0.15) is 0 Å². The molecule has 0 aliphatic carbocycles. The first-order valence-electron chi connectivity index (χ1n) is 7.70. The van der Waals surface area contributed by atoms with E-state index in [0.29, 0.717) is 18.6 Å². The van der Waals surface area contributed by atoms with E-state index in [0.717, 1.165) is 17.2 Å². The Hall–Kier alpha value is -1.10. The minimum absolute atomic E-state index is 0.227. The third kappa shape index (κ3) is 4.99. The van der Waals surface area contributed by atoms with Gasteiger partial charge in [-0.3, -0.25) is 4.79 Å². The van der Waals surface area contributed by atoms with Crippen molar-refractivity contribution in [1.82, 2.24) is 4.98 Å². The fourth-order valence-corrected chi connectivity index (χ4v) is 3.07. The smallest absolute Gasteiger partial charge is 0.317 e. The van der Waals surface area contributed by atoms with Crippen molar-refractivity contribution in [3.63, 3.8) is 0 Å². The molecule has 0 saturated heterocycles. The molecule has 0 radical (unpaired) electrons. The second-order valence-electron chi connectivity index (χ2n) is 6.18. The van der Waals surface area contributed by atoms with Gasteiger partial charge in [0.05, 0.1) is 12.3 Å². The van der Waals surface area contributed by atoms with Crippen molar-refractivity contribution >= 4 is 22.4 Å². The van der Waals surface area contributed by atoms with Crippen molar-refractivity contribution in [2.45, 2.75) is 65.8 Å². The van der Waals surface area contributed by atoms with E-state index in [1.165, 1.54) is 6.42 Å². The normalized spacial score (nSPS) is 14.6. The van der Waals surface area contributed by atoms with E-state index in [2.05, 4.69) is 31.1 Å². The van der Waals surface area contributed by atoms with Gasteiger partial charge in [-0.1, -0.05) is 20.3 Å². The molecule has 5 heteroatoms. The van der Waals surface area contributed by atoms with Crippen LogP contribution in [0.5, 0.6) is 0 Å². The Labute approximate surface area is 132 Å². The van der Waals surface area contributed by atoms with Gasteiger partial charge >= 0.3 is 5.97 Å². The lowest BCUT2D eigenvalue weighted by Gasteiger charge is -2.20. The predicted molar refractivity (Wildman–Crippen MR) is 88.9 cm³/mol. The van der Waals surface area contributed by atoms with Crippen molar-refractivity contribution < 1.29 is 9.53 Å². The van der Waals surface area contributed by atoms with E-state index in [1.54, 1.807) is 11.3 Å². The molecule has 1 aromatic rings. The van der Waals surface area contributed by atoms with Gasteiger partial charge in [0.2, 0.25) is 0 Å². The number of aromatic nitrogens is 1. The van der Waals surface area contributed by atoms with Crippen LogP contribution >= 0.6 is 11.3 Å². The highest BCUT2D eigenvalue weighted by atomic mass is 32.1. The number of nitrogens with one attached hydrogen (secondary N) is 1. The SMILES string of the molecule is CCOC(=O)C(C)(C)c1csc(NC(C)CC(C)CC)n1. The van der Waals surface area contributed by atoms with Crippen LogP contribution in [0.1, 0.15) is 60.1 Å². The number of anilines is 1. The summed E-state index contributed by atoms with van der Waals surface area (Å²) in [5.41, 5.74) is 0.0658. The van der Waals surface area contributed by atoms with Crippen molar-refractivity contribution in [1.29, 1.82) is 0 Å². The Kier molecular flexibility index (Phi) is 6.65. The van der Waals surface area contributed by atoms with Crippen molar-refractivity contribution in [3.8, 4) is 0 Å². The summed E-state index contributed by atoms with van der Waals surface area (Å²) in [6, 6.07) is 0.379. The van der Waals surface area contributed by atoms with Crippen LogP contribution in [0.15, 0.2) is 5.38 Å². The highest BCUT2D eigenvalue weighted by molar-refractivity contribution is 7.13. The summed E-state index contributed by atoms with van der Waals surface area (Å²) in [5.74, 6) is 0.470. The van der Waals surface area contributed by atoms with Crippen LogP contribution in [-0.2, 0) is 14.9 Å². The summed E-state index contributed by atoms with van der Waals surface area (Å²) in [5, 5.41) is 6.24. The first kappa shape index (κ1) is 18.0. The van der Waals surface area contributed by atoms with Gasteiger partial charge in [-0.15, -0.1) is 11.3 Å². The molecule has 0 aliphatic heterocycles. The first-order chi connectivity index (χ1) is 9.81. The third-order valence-corrected chi connectivity index (χ3v) is 4.53. The van der Waals surface area contributed by atoms with Gasteiger partial charge in [0.25, 0.3) is 0 Å². The van der Waals surface area contributed by atoms with Crippen LogP contribution < -0.4 is 5.32 Å². The molecule has 120 valence electrons. The zero-order valence-electron chi connectivity index (χ0n) is 14.0. The first-order valence-corrected chi connectivity index (χ1v) is 8.58. The Morgan fingerprint density at radius 3 is 2.67 bits per heavy atom. The van der Waals surface area contributed by atoms with Crippen LogP contribution in [0, 0.1) is 5.92 Å². The zero-order chi connectivity index (χ0) is 16.0. The maximum absolute atomic E-state index is 12.0. The molecule has 21 heavy (non-hydrogen) atoms. The van der Waals surface area contributed by atoms with Crippen LogP contribution in [0.25, 0.3) is 0 Å². The lowest BCUT2D eigenvalue weighted by Crippen LogP contribution is -2.31. The van der Waals surface area contributed by atoms with Gasteiger partial charge in [0.15, 0.2) is 5.13 Å². The number of carbonyl (C=O) groups is 1. The Balaban J connectivity index is 2.70. The Morgan fingerprint density at radius 2 is 2.10 bits per heavy atom. The number of thiazole rings is 1. The average molecular weight is 312 g/mol.